The molecule has 2 aliphatic rings. The van der Waals surface area contributed by atoms with Crippen LogP contribution in [-0.4, -0.2) is 55.9 Å². The number of fused-ring (bicyclic) bond motifs is 1. The summed E-state index contributed by atoms with van der Waals surface area (Å²) < 4.78 is 56.0. The van der Waals surface area contributed by atoms with Gasteiger partial charge in [-0.05, 0) is 20.8 Å². The van der Waals surface area contributed by atoms with Gasteiger partial charge in [-0.2, -0.15) is 8.42 Å². The maximum Gasteiger partial charge on any atom is 0.397 e. The van der Waals surface area contributed by atoms with Gasteiger partial charge in [0.25, 0.3) is 0 Å². The van der Waals surface area contributed by atoms with Gasteiger partial charge in [0.05, 0.1) is 6.61 Å². The fourth-order valence-electron chi connectivity index (χ4n) is 2.20. The van der Waals surface area contributed by atoms with Crippen molar-refractivity contribution < 1.29 is 40.9 Å². The number of carbonyl (C=O) groups is 1. The van der Waals surface area contributed by atoms with Gasteiger partial charge in [-0.3, -0.25) is 4.55 Å². The predicted molar refractivity (Wildman–Crippen MR) is 70.9 cm³/mol. The molecule has 0 aliphatic carbocycles. The minimum atomic E-state index is -4.65. The third kappa shape index (κ3) is 4.03. The minimum Gasteiger partial charge on any atom is -0.453 e. The molecule has 0 unspecified atom stereocenters. The first kappa shape index (κ1) is 17.3. The first-order valence-electron chi connectivity index (χ1n) is 6.48. The van der Waals surface area contributed by atoms with Crippen LogP contribution in [0.1, 0.15) is 20.8 Å². The van der Waals surface area contributed by atoms with Crippen LogP contribution in [0.5, 0.6) is 0 Å². The number of ether oxygens (including phenoxy) is 4. The molecular weight excluding hydrogens is 320 g/mol. The summed E-state index contributed by atoms with van der Waals surface area (Å²) >= 11 is 0. The molecular formula is C12H18O9S. The van der Waals surface area contributed by atoms with Crippen molar-refractivity contribution in [3.05, 3.63) is 12.2 Å². The van der Waals surface area contributed by atoms with Crippen molar-refractivity contribution in [1.29, 1.82) is 0 Å². The lowest BCUT2D eigenvalue weighted by Gasteiger charge is -2.25. The van der Waals surface area contributed by atoms with Gasteiger partial charge in [0.1, 0.15) is 6.10 Å². The summed E-state index contributed by atoms with van der Waals surface area (Å²) in [7, 11) is -4.65. The lowest BCUT2D eigenvalue weighted by molar-refractivity contribution is -0.220. The average molecular weight is 338 g/mol. The number of hydrogen-bond acceptors (Lipinski definition) is 8. The summed E-state index contributed by atoms with van der Waals surface area (Å²) in [5.41, 5.74) is 0.163. The SMILES string of the molecule is C=C(C)C(=O)O[C@@H]1[C@H]2OC(C)(C)O[C@H]2O[C@@H]1COS(=O)(=O)O. The molecule has 126 valence electrons. The molecule has 1 N–H and O–H groups in total. The summed E-state index contributed by atoms with van der Waals surface area (Å²) in [6.45, 7) is 7.71. The van der Waals surface area contributed by atoms with Gasteiger partial charge in [-0.25, -0.2) is 8.98 Å². The van der Waals surface area contributed by atoms with E-state index in [0.29, 0.717) is 0 Å². The van der Waals surface area contributed by atoms with Crippen LogP contribution in [0.15, 0.2) is 12.2 Å². The van der Waals surface area contributed by atoms with E-state index < -0.39 is 53.4 Å². The third-order valence-corrected chi connectivity index (χ3v) is 3.49. The minimum absolute atomic E-state index is 0.163. The van der Waals surface area contributed by atoms with Crippen molar-refractivity contribution in [3.8, 4) is 0 Å². The van der Waals surface area contributed by atoms with Gasteiger partial charge in [-0.15, -0.1) is 0 Å². The smallest absolute Gasteiger partial charge is 0.397 e. The molecule has 0 aromatic carbocycles. The highest BCUT2D eigenvalue weighted by Gasteiger charge is 2.56. The largest absolute Gasteiger partial charge is 0.453 e. The average Bonchev–Trinajstić information content (AvgIpc) is 2.79. The van der Waals surface area contributed by atoms with E-state index in [-0.39, 0.29) is 5.57 Å². The normalized spacial score (nSPS) is 33.5. The number of esters is 1. The molecule has 2 rings (SSSR count). The number of hydrogen-bond donors (Lipinski definition) is 1. The molecule has 0 aromatic rings. The van der Waals surface area contributed by atoms with E-state index in [1.54, 1.807) is 13.8 Å². The second kappa shape index (κ2) is 5.87. The quantitative estimate of drug-likeness (QED) is 0.425. The van der Waals surface area contributed by atoms with Gasteiger partial charge in [0, 0.05) is 5.57 Å². The zero-order valence-corrected chi connectivity index (χ0v) is 13.2. The highest BCUT2D eigenvalue weighted by molar-refractivity contribution is 7.80. The maximum absolute atomic E-state index is 11.7. The Morgan fingerprint density at radius 2 is 2.00 bits per heavy atom. The van der Waals surface area contributed by atoms with E-state index in [4.69, 9.17) is 23.5 Å². The van der Waals surface area contributed by atoms with Crippen molar-refractivity contribution in [1.82, 2.24) is 0 Å². The van der Waals surface area contributed by atoms with E-state index in [1.165, 1.54) is 6.92 Å². The molecule has 0 radical (unpaired) electrons. The van der Waals surface area contributed by atoms with Gasteiger partial charge < -0.3 is 18.9 Å². The van der Waals surface area contributed by atoms with E-state index >= 15 is 0 Å². The Bertz CT molecular complexity index is 567. The van der Waals surface area contributed by atoms with E-state index in [0.717, 1.165) is 0 Å². The first-order chi connectivity index (χ1) is 9.98. The zero-order chi connectivity index (χ0) is 16.7. The van der Waals surface area contributed by atoms with E-state index in [2.05, 4.69) is 10.8 Å². The molecule has 9 nitrogen and oxygen atoms in total. The van der Waals surface area contributed by atoms with Gasteiger partial charge in [0.15, 0.2) is 24.3 Å². The van der Waals surface area contributed by atoms with Gasteiger partial charge >= 0.3 is 16.4 Å². The van der Waals surface area contributed by atoms with Crippen molar-refractivity contribution >= 4 is 16.4 Å². The molecule has 2 heterocycles. The van der Waals surface area contributed by atoms with E-state index in [1.807, 2.05) is 0 Å². The molecule has 2 saturated heterocycles. The third-order valence-electron chi connectivity index (χ3n) is 3.06. The summed E-state index contributed by atoms with van der Waals surface area (Å²) in [4.78, 5) is 11.7. The molecule has 0 saturated carbocycles. The number of carbonyl (C=O) groups excluding carboxylic acids is 1. The van der Waals surface area contributed by atoms with Gasteiger partial charge in [0.2, 0.25) is 0 Å². The van der Waals surface area contributed by atoms with Crippen LogP contribution >= 0.6 is 0 Å². The number of rotatable bonds is 5. The first-order valence-corrected chi connectivity index (χ1v) is 7.84. The molecule has 2 fully saturated rings. The summed E-state index contributed by atoms with van der Waals surface area (Å²) in [6.07, 6.45) is -3.52. The van der Waals surface area contributed by atoms with Crippen molar-refractivity contribution in [2.45, 2.75) is 51.2 Å². The molecule has 0 aromatic heterocycles. The Morgan fingerprint density at radius 3 is 2.55 bits per heavy atom. The van der Waals surface area contributed by atoms with Crippen molar-refractivity contribution in [2.24, 2.45) is 0 Å². The monoisotopic (exact) mass is 338 g/mol. The highest BCUT2D eigenvalue weighted by Crippen LogP contribution is 2.39. The molecule has 4 atom stereocenters. The Kier molecular flexibility index (Phi) is 4.62. The highest BCUT2D eigenvalue weighted by atomic mass is 32.3. The second-order valence-electron chi connectivity index (χ2n) is 5.51. The fraction of sp³-hybridized carbons (Fsp3) is 0.750. The van der Waals surface area contributed by atoms with Crippen LogP contribution in [0.4, 0.5) is 0 Å². The Labute approximate surface area is 128 Å². The fourth-order valence-corrected chi connectivity index (χ4v) is 2.51. The molecule has 0 bridgehead atoms. The summed E-state index contributed by atoms with van der Waals surface area (Å²) in [5, 5.41) is 0. The Hall–Kier alpha value is -1.04. The van der Waals surface area contributed by atoms with E-state index in [9.17, 15) is 13.2 Å². The molecule has 0 spiro atoms. The molecule has 22 heavy (non-hydrogen) atoms. The Morgan fingerprint density at radius 1 is 1.36 bits per heavy atom. The predicted octanol–water partition coefficient (Wildman–Crippen LogP) is 0.170. The lowest BCUT2D eigenvalue weighted by atomic mass is 10.1. The van der Waals surface area contributed by atoms with Gasteiger partial charge in [-0.1, -0.05) is 6.58 Å². The van der Waals surface area contributed by atoms with Crippen molar-refractivity contribution in [2.75, 3.05) is 6.61 Å². The lowest BCUT2D eigenvalue weighted by Crippen LogP contribution is -2.40. The summed E-state index contributed by atoms with van der Waals surface area (Å²) in [6, 6.07) is 0. The summed E-state index contributed by atoms with van der Waals surface area (Å²) in [5.74, 6) is -1.61. The topological polar surface area (TPSA) is 118 Å². The molecule has 10 heteroatoms. The van der Waals surface area contributed by atoms with Crippen LogP contribution < -0.4 is 0 Å². The zero-order valence-electron chi connectivity index (χ0n) is 12.3. The van der Waals surface area contributed by atoms with Crippen LogP contribution in [0.2, 0.25) is 0 Å². The Balaban J connectivity index is 2.12. The van der Waals surface area contributed by atoms with Crippen LogP contribution in [-0.2, 0) is 38.3 Å². The molecule has 0 amide bonds. The maximum atomic E-state index is 11.7. The van der Waals surface area contributed by atoms with Crippen molar-refractivity contribution in [3.63, 3.8) is 0 Å². The molecule has 2 aliphatic heterocycles. The van der Waals surface area contributed by atoms with Crippen LogP contribution in [0.25, 0.3) is 0 Å². The van der Waals surface area contributed by atoms with Crippen LogP contribution in [0.3, 0.4) is 0 Å². The second-order valence-corrected chi connectivity index (χ2v) is 6.60. The van der Waals surface area contributed by atoms with Crippen LogP contribution in [0, 0.1) is 0 Å². The standard InChI is InChI=1S/C12H18O9S/c1-6(2)10(13)19-8-7(5-17-22(14,15)16)18-11-9(8)20-12(3,4)21-11/h7-9,11H,1,5H2,2-4H3,(H,14,15,16)/t7-,8+,9-,11-/m1/s1.